The van der Waals surface area contributed by atoms with Crippen LogP contribution in [-0.4, -0.2) is 73.3 Å². The summed E-state index contributed by atoms with van der Waals surface area (Å²) < 4.78 is 56.5. The highest BCUT2D eigenvalue weighted by Crippen LogP contribution is 2.15. The number of anilines is 1. The van der Waals surface area contributed by atoms with Crippen molar-refractivity contribution in [3.8, 4) is 0 Å². The molecule has 12 nitrogen and oxygen atoms in total. The van der Waals surface area contributed by atoms with Crippen LogP contribution in [-0.2, 0) is 37.8 Å². The zero-order valence-electron chi connectivity index (χ0n) is 18.3. The molecule has 0 saturated heterocycles. The van der Waals surface area contributed by atoms with Gasteiger partial charge >= 0.3 is 5.97 Å². The third kappa shape index (κ3) is 9.37. The first-order valence-corrected chi connectivity index (χ1v) is 13.4. The maximum atomic E-state index is 11.2. The van der Waals surface area contributed by atoms with Crippen molar-refractivity contribution in [1.29, 1.82) is 0 Å². The van der Waals surface area contributed by atoms with E-state index < -0.39 is 26.1 Å². The molecule has 0 aliphatic carbocycles. The molecule has 2 aromatic rings. The summed E-state index contributed by atoms with van der Waals surface area (Å²) in [5.41, 5.74) is 0.692. The average molecular weight is 502 g/mol. The highest BCUT2D eigenvalue weighted by Gasteiger charge is 2.15. The number of carboxylic acids is 1. The first-order chi connectivity index (χ1) is 15.4. The zero-order valence-corrected chi connectivity index (χ0v) is 19.9. The van der Waals surface area contributed by atoms with E-state index in [1.807, 2.05) is 6.92 Å². The van der Waals surface area contributed by atoms with Gasteiger partial charge in [-0.05, 0) is 31.0 Å². The van der Waals surface area contributed by atoms with Crippen LogP contribution >= 0.6 is 0 Å². The van der Waals surface area contributed by atoms with Crippen molar-refractivity contribution in [3.05, 3.63) is 41.5 Å². The summed E-state index contributed by atoms with van der Waals surface area (Å²) >= 11 is 0. The summed E-state index contributed by atoms with van der Waals surface area (Å²) in [6, 6.07) is 5.61. The van der Waals surface area contributed by atoms with Crippen LogP contribution in [0.25, 0.3) is 0 Å². The van der Waals surface area contributed by atoms with Crippen molar-refractivity contribution in [2.24, 2.45) is 0 Å². The number of hydrogen-bond donors (Lipinski definition) is 3. The van der Waals surface area contributed by atoms with Crippen LogP contribution < -0.4 is 9.62 Å². The largest absolute Gasteiger partial charge is 0.481 e. The smallest absolute Gasteiger partial charge is 0.305 e. The third-order valence-electron chi connectivity index (χ3n) is 4.50. The predicted octanol–water partition coefficient (Wildman–Crippen LogP) is 0.492. The van der Waals surface area contributed by atoms with E-state index in [0.717, 1.165) is 6.26 Å². The number of hydrogen-bond acceptors (Lipinski definition) is 9. The number of nitrogens with zero attached hydrogens (tertiary/aromatic N) is 4. The summed E-state index contributed by atoms with van der Waals surface area (Å²) in [4.78, 5) is 25.8. The van der Waals surface area contributed by atoms with Gasteiger partial charge in [-0.1, -0.05) is 12.1 Å². The van der Waals surface area contributed by atoms with Crippen LogP contribution in [0.4, 0.5) is 5.95 Å². The Hall–Kier alpha value is -2.68. The Balaban J connectivity index is 2.27. The first kappa shape index (κ1) is 26.6. The fourth-order valence-electron chi connectivity index (χ4n) is 2.88. The van der Waals surface area contributed by atoms with Gasteiger partial charge in [0.05, 0.1) is 17.6 Å². The number of benzene rings is 1. The lowest BCUT2D eigenvalue weighted by molar-refractivity contribution is -0.136. The summed E-state index contributed by atoms with van der Waals surface area (Å²) in [5.74, 6) is 0.172. The summed E-state index contributed by atoms with van der Waals surface area (Å²) in [6.07, 6.45) is 2.02. The molecule has 33 heavy (non-hydrogen) atoms. The molecular weight excluding hydrogens is 474 g/mol. The van der Waals surface area contributed by atoms with Crippen molar-refractivity contribution < 1.29 is 31.3 Å². The van der Waals surface area contributed by atoms with E-state index in [2.05, 4.69) is 19.7 Å². The molecule has 0 bridgehead atoms. The number of aromatic nitrogens is 3. The van der Waals surface area contributed by atoms with Gasteiger partial charge in [-0.25, -0.2) is 18.1 Å². The molecule has 3 N–H and O–H groups in total. The summed E-state index contributed by atoms with van der Waals surface area (Å²) in [5, 5.41) is 9.00. The van der Waals surface area contributed by atoms with E-state index in [4.69, 9.17) is 9.66 Å². The summed E-state index contributed by atoms with van der Waals surface area (Å²) in [7, 11) is -7.61. The fraction of sp³-hybridized carbons (Fsp3) is 0.474. The van der Waals surface area contributed by atoms with Crippen LogP contribution in [0.2, 0.25) is 0 Å². The third-order valence-corrected chi connectivity index (χ3v) is 6.10. The standard InChI is InChI=1S/C19H27N5O7S2/c1-3-24(12-10-18(25)26)19-22-16(5-4-11-20-32(2,27)28)21-17(23-19)13-14-6-8-15(9-7-14)33(29,30)31/h6-9,20H,3-5,10-13H2,1-2H3,(H,25,26)(H,29,30,31). The van der Waals surface area contributed by atoms with Crippen LogP contribution in [0.5, 0.6) is 0 Å². The van der Waals surface area contributed by atoms with Crippen molar-refractivity contribution in [3.63, 3.8) is 0 Å². The van der Waals surface area contributed by atoms with E-state index in [-0.39, 0.29) is 30.8 Å². The lowest BCUT2D eigenvalue weighted by Crippen LogP contribution is -2.29. The van der Waals surface area contributed by atoms with Crippen molar-refractivity contribution in [2.45, 2.75) is 37.5 Å². The molecule has 0 saturated carbocycles. The minimum absolute atomic E-state index is 0.0977. The molecule has 0 radical (unpaired) electrons. The molecule has 0 aliphatic heterocycles. The first-order valence-electron chi connectivity index (χ1n) is 10.1. The maximum Gasteiger partial charge on any atom is 0.305 e. The lowest BCUT2D eigenvalue weighted by atomic mass is 10.1. The maximum absolute atomic E-state index is 11.2. The molecule has 1 heterocycles. The monoisotopic (exact) mass is 501 g/mol. The molecule has 0 unspecified atom stereocenters. The SMILES string of the molecule is CCN(CCC(=O)O)c1nc(CCCNS(C)(=O)=O)nc(Cc2ccc(S(=O)(=O)O)cc2)n1. The van der Waals surface area contributed by atoms with Gasteiger partial charge < -0.3 is 10.0 Å². The second kappa shape index (κ2) is 11.4. The lowest BCUT2D eigenvalue weighted by Gasteiger charge is -2.21. The van der Waals surface area contributed by atoms with E-state index in [9.17, 15) is 21.6 Å². The van der Waals surface area contributed by atoms with E-state index in [0.29, 0.717) is 42.5 Å². The minimum atomic E-state index is -4.30. The predicted molar refractivity (Wildman–Crippen MR) is 120 cm³/mol. The van der Waals surface area contributed by atoms with Gasteiger partial charge in [-0.2, -0.15) is 18.4 Å². The summed E-state index contributed by atoms with van der Waals surface area (Å²) in [6.45, 7) is 2.72. The van der Waals surface area contributed by atoms with E-state index >= 15 is 0 Å². The molecule has 0 spiro atoms. The molecule has 0 atom stereocenters. The number of aryl methyl sites for hydroxylation is 1. The normalized spacial score (nSPS) is 12.0. The van der Waals surface area contributed by atoms with Gasteiger partial charge in [0.2, 0.25) is 16.0 Å². The average Bonchev–Trinajstić information content (AvgIpc) is 2.70. The van der Waals surface area contributed by atoms with Crippen molar-refractivity contribution >= 4 is 32.1 Å². The highest BCUT2D eigenvalue weighted by atomic mass is 32.2. The molecule has 2 rings (SSSR count). The zero-order chi connectivity index (χ0) is 24.6. The molecule has 0 amide bonds. The number of carbonyl (C=O) groups is 1. The molecular formula is C19H27N5O7S2. The Kier molecular flexibility index (Phi) is 9.22. The fourth-order valence-corrected chi connectivity index (χ4v) is 3.88. The van der Waals surface area contributed by atoms with E-state index in [1.54, 1.807) is 4.90 Å². The molecule has 182 valence electrons. The van der Waals surface area contributed by atoms with Gasteiger partial charge in [-0.15, -0.1) is 0 Å². The Morgan fingerprint density at radius 2 is 1.70 bits per heavy atom. The molecule has 1 aromatic heterocycles. The number of nitrogens with one attached hydrogen (secondary N) is 1. The van der Waals surface area contributed by atoms with Gasteiger partial charge in [0.15, 0.2) is 0 Å². The Labute approximate surface area is 192 Å². The second-order valence-electron chi connectivity index (χ2n) is 7.26. The van der Waals surface area contributed by atoms with Crippen LogP contribution in [0.1, 0.15) is 37.0 Å². The van der Waals surface area contributed by atoms with Gasteiger partial charge in [-0.3, -0.25) is 9.35 Å². The topological polar surface area (TPSA) is 180 Å². The number of carboxylic acid groups (broad SMARTS) is 1. The second-order valence-corrected chi connectivity index (χ2v) is 10.5. The van der Waals surface area contributed by atoms with Crippen LogP contribution in [0, 0.1) is 0 Å². The highest BCUT2D eigenvalue weighted by molar-refractivity contribution is 7.88. The number of aliphatic carboxylic acids is 1. The van der Waals surface area contributed by atoms with Gasteiger partial charge in [0.1, 0.15) is 11.6 Å². The molecule has 1 aromatic carbocycles. The molecule has 14 heteroatoms. The Bertz CT molecular complexity index is 1170. The quantitative estimate of drug-likeness (QED) is 0.257. The Morgan fingerprint density at radius 3 is 2.24 bits per heavy atom. The van der Waals surface area contributed by atoms with E-state index in [1.165, 1.54) is 24.3 Å². The van der Waals surface area contributed by atoms with Crippen molar-refractivity contribution in [1.82, 2.24) is 19.7 Å². The van der Waals surface area contributed by atoms with Crippen LogP contribution in [0.3, 0.4) is 0 Å². The van der Waals surface area contributed by atoms with Crippen molar-refractivity contribution in [2.75, 3.05) is 30.8 Å². The molecule has 0 aliphatic rings. The number of rotatable bonds is 13. The minimum Gasteiger partial charge on any atom is -0.481 e. The van der Waals surface area contributed by atoms with Gasteiger partial charge in [0, 0.05) is 32.5 Å². The molecule has 0 fully saturated rings. The van der Waals surface area contributed by atoms with Crippen LogP contribution in [0.15, 0.2) is 29.2 Å². The Morgan fingerprint density at radius 1 is 1.06 bits per heavy atom. The number of sulfonamides is 1. The van der Waals surface area contributed by atoms with Gasteiger partial charge in [0.25, 0.3) is 10.1 Å².